The fourth-order valence-electron chi connectivity index (χ4n) is 3.19. The fourth-order valence-corrected chi connectivity index (χ4v) is 3.19. The Hall–Kier alpha value is -1.51. The molecule has 1 aliphatic rings. The van der Waals surface area contributed by atoms with E-state index in [1.807, 2.05) is 24.3 Å². The highest BCUT2D eigenvalue weighted by molar-refractivity contribution is 5.76. The van der Waals surface area contributed by atoms with Gasteiger partial charge in [0.25, 0.3) is 0 Å². The van der Waals surface area contributed by atoms with Gasteiger partial charge in [-0.25, -0.2) is 0 Å². The lowest BCUT2D eigenvalue weighted by Crippen LogP contribution is -2.25. The second-order valence-electron chi connectivity index (χ2n) is 6.20. The van der Waals surface area contributed by atoms with Crippen molar-refractivity contribution >= 4 is 11.6 Å². The van der Waals surface area contributed by atoms with E-state index in [1.165, 1.54) is 38.5 Å². The second kappa shape index (κ2) is 8.71. The molecule has 2 rings (SSSR count). The number of rotatable bonds is 7. The summed E-state index contributed by atoms with van der Waals surface area (Å²) in [6, 6.07) is 7.76. The smallest absolute Gasteiger partial charge is 0.220 e. The van der Waals surface area contributed by atoms with E-state index in [2.05, 4.69) is 5.32 Å². The largest absolute Gasteiger partial charge is 0.399 e. The highest BCUT2D eigenvalue weighted by Crippen LogP contribution is 2.26. The Balaban J connectivity index is 1.56. The van der Waals surface area contributed by atoms with Gasteiger partial charge in [0.2, 0.25) is 5.91 Å². The van der Waals surface area contributed by atoms with Crippen LogP contribution in [0.3, 0.4) is 0 Å². The van der Waals surface area contributed by atoms with Crippen molar-refractivity contribution in [2.45, 2.75) is 57.8 Å². The van der Waals surface area contributed by atoms with Crippen LogP contribution in [0.4, 0.5) is 5.69 Å². The molecule has 1 aromatic rings. The first-order chi connectivity index (χ1) is 10.3. The zero-order valence-electron chi connectivity index (χ0n) is 12.9. The molecule has 1 aromatic carbocycles. The molecule has 1 saturated carbocycles. The molecule has 1 aliphatic carbocycles. The van der Waals surface area contributed by atoms with Crippen LogP contribution >= 0.6 is 0 Å². The summed E-state index contributed by atoms with van der Waals surface area (Å²) in [4.78, 5) is 11.8. The lowest BCUT2D eigenvalue weighted by atomic mass is 9.86. The standard InChI is InChI=1S/C18H28N2O/c19-17-11-5-4-10-16(17)12-13-18(21)20-14-6-9-15-7-2-1-3-8-15/h4-5,10-11,15H,1-3,6-9,12-14,19H2,(H,20,21). The Morgan fingerprint density at radius 2 is 1.95 bits per heavy atom. The number of benzene rings is 1. The van der Waals surface area contributed by atoms with Crippen molar-refractivity contribution < 1.29 is 4.79 Å². The van der Waals surface area contributed by atoms with Crippen LogP contribution in [0.15, 0.2) is 24.3 Å². The van der Waals surface area contributed by atoms with Crippen LogP contribution in [0.5, 0.6) is 0 Å². The van der Waals surface area contributed by atoms with Crippen molar-refractivity contribution in [1.82, 2.24) is 5.32 Å². The predicted octanol–water partition coefficient (Wildman–Crippen LogP) is 3.68. The lowest BCUT2D eigenvalue weighted by molar-refractivity contribution is -0.121. The SMILES string of the molecule is Nc1ccccc1CCC(=O)NCCCC1CCCCC1. The molecule has 0 saturated heterocycles. The summed E-state index contributed by atoms with van der Waals surface area (Å²) in [7, 11) is 0. The Morgan fingerprint density at radius 3 is 2.71 bits per heavy atom. The third-order valence-electron chi connectivity index (χ3n) is 4.51. The highest BCUT2D eigenvalue weighted by atomic mass is 16.1. The van der Waals surface area contributed by atoms with Crippen molar-refractivity contribution in [2.24, 2.45) is 5.92 Å². The number of para-hydroxylation sites is 1. The number of hydrogen-bond donors (Lipinski definition) is 2. The minimum atomic E-state index is 0.141. The van der Waals surface area contributed by atoms with Crippen LogP contribution in [0.1, 0.15) is 56.9 Å². The molecule has 3 N–H and O–H groups in total. The number of carbonyl (C=O) groups excluding carboxylic acids is 1. The highest BCUT2D eigenvalue weighted by Gasteiger charge is 2.12. The van der Waals surface area contributed by atoms with Gasteiger partial charge in [0.1, 0.15) is 0 Å². The van der Waals surface area contributed by atoms with Crippen molar-refractivity contribution in [3.63, 3.8) is 0 Å². The average molecular weight is 288 g/mol. The van der Waals surface area contributed by atoms with Crippen LogP contribution in [0, 0.1) is 5.92 Å². The van der Waals surface area contributed by atoms with Crippen LogP contribution in [0.2, 0.25) is 0 Å². The number of aryl methyl sites for hydroxylation is 1. The monoisotopic (exact) mass is 288 g/mol. The molecule has 1 fully saturated rings. The van der Waals surface area contributed by atoms with Crippen molar-refractivity contribution in [3.8, 4) is 0 Å². The minimum Gasteiger partial charge on any atom is -0.399 e. The van der Waals surface area contributed by atoms with Crippen LogP contribution < -0.4 is 11.1 Å². The first kappa shape index (κ1) is 15.9. The Labute approximate surface area is 128 Å². The Bertz CT molecular complexity index is 439. The van der Waals surface area contributed by atoms with E-state index < -0.39 is 0 Å². The quantitative estimate of drug-likeness (QED) is 0.594. The van der Waals surface area contributed by atoms with E-state index in [9.17, 15) is 4.79 Å². The third-order valence-corrected chi connectivity index (χ3v) is 4.51. The summed E-state index contributed by atoms with van der Waals surface area (Å²) >= 11 is 0. The van der Waals surface area contributed by atoms with Gasteiger partial charge in [0.05, 0.1) is 0 Å². The molecule has 116 valence electrons. The van der Waals surface area contributed by atoms with Gasteiger partial charge in [-0.2, -0.15) is 0 Å². The fraction of sp³-hybridized carbons (Fsp3) is 0.611. The Kier molecular flexibility index (Phi) is 6.58. The number of nitrogens with one attached hydrogen (secondary N) is 1. The van der Waals surface area contributed by atoms with Gasteiger partial charge >= 0.3 is 0 Å². The van der Waals surface area contributed by atoms with Gasteiger partial charge in [-0.05, 0) is 36.8 Å². The maximum atomic E-state index is 11.8. The normalized spacial score (nSPS) is 15.8. The zero-order chi connectivity index (χ0) is 14.9. The van der Waals surface area contributed by atoms with Gasteiger partial charge < -0.3 is 11.1 Å². The van der Waals surface area contributed by atoms with Crippen molar-refractivity contribution in [2.75, 3.05) is 12.3 Å². The molecule has 0 atom stereocenters. The van der Waals surface area contributed by atoms with Crippen molar-refractivity contribution in [3.05, 3.63) is 29.8 Å². The summed E-state index contributed by atoms with van der Waals surface area (Å²) in [5.74, 6) is 1.04. The molecular weight excluding hydrogens is 260 g/mol. The first-order valence-electron chi connectivity index (χ1n) is 8.36. The topological polar surface area (TPSA) is 55.1 Å². The van der Waals surface area contributed by atoms with Gasteiger partial charge in [0.15, 0.2) is 0 Å². The number of nitrogen functional groups attached to an aromatic ring is 1. The molecule has 1 amide bonds. The number of anilines is 1. The van der Waals surface area contributed by atoms with Gasteiger partial charge in [0, 0.05) is 18.7 Å². The molecule has 0 aliphatic heterocycles. The first-order valence-corrected chi connectivity index (χ1v) is 8.36. The molecule has 0 radical (unpaired) electrons. The van der Waals surface area contributed by atoms with Crippen LogP contribution in [0.25, 0.3) is 0 Å². The van der Waals surface area contributed by atoms with E-state index in [0.29, 0.717) is 6.42 Å². The lowest BCUT2D eigenvalue weighted by Gasteiger charge is -2.21. The van der Waals surface area contributed by atoms with E-state index in [-0.39, 0.29) is 5.91 Å². The third kappa shape index (κ3) is 5.78. The van der Waals surface area contributed by atoms with Crippen LogP contribution in [-0.2, 0) is 11.2 Å². The van der Waals surface area contributed by atoms with Crippen molar-refractivity contribution in [1.29, 1.82) is 0 Å². The maximum absolute atomic E-state index is 11.8. The number of hydrogen-bond acceptors (Lipinski definition) is 2. The summed E-state index contributed by atoms with van der Waals surface area (Å²) < 4.78 is 0. The number of amides is 1. The Morgan fingerprint density at radius 1 is 1.19 bits per heavy atom. The zero-order valence-corrected chi connectivity index (χ0v) is 12.9. The molecular formula is C18H28N2O. The molecule has 3 nitrogen and oxygen atoms in total. The second-order valence-corrected chi connectivity index (χ2v) is 6.20. The molecule has 0 bridgehead atoms. The van der Waals surface area contributed by atoms with E-state index in [4.69, 9.17) is 5.73 Å². The van der Waals surface area contributed by atoms with E-state index in [1.54, 1.807) is 0 Å². The molecule has 0 unspecified atom stereocenters. The van der Waals surface area contributed by atoms with E-state index >= 15 is 0 Å². The average Bonchev–Trinajstić information content (AvgIpc) is 2.52. The molecule has 0 aromatic heterocycles. The van der Waals surface area contributed by atoms with Gasteiger partial charge in [-0.15, -0.1) is 0 Å². The molecule has 21 heavy (non-hydrogen) atoms. The summed E-state index contributed by atoms with van der Waals surface area (Å²) in [5.41, 5.74) is 7.72. The van der Waals surface area contributed by atoms with Gasteiger partial charge in [-0.1, -0.05) is 50.3 Å². The van der Waals surface area contributed by atoms with Crippen LogP contribution in [-0.4, -0.2) is 12.5 Å². The van der Waals surface area contributed by atoms with Gasteiger partial charge in [-0.3, -0.25) is 4.79 Å². The number of carbonyl (C=O) groups is 1. The molecule has 3 heteroatoms. The van der Waals surface area contributed by atoms with E-state index in [0.717, 1.165) is 36.6 Å². The summed E-state index contributed by atoms with van der Waals surface area (Å²) in [6.45, 7) is 0.819. The summed E-state index contributed by atoms with van der Waals surface area (Å²) in [6.07, 6.45) is 10.6. The predicted molar refractivity (Wildman–Crippen MR) is 88.0 cm³/mol. The maximum Gasteiger partial charge on any atom is 0.220 e. The molecule has 0 heterocycles. The summed E-state index contributed by atoms with van der Waals surface area (Å²) in [5, 5.41) is 3.03. The minimum absolute atomic E-state index is 0.141. The number of nitrogens with two attached hydrogens (primary N) is 1. The molecule has 0 spiro atoms.